The molecule has 2 rings (SSSR count). The number of anilines is 1. The van der Waals surface area contributed by atoms with Crippen LogP contribution in [0.5, 0.6) is 0 Å². The number of aryl methyl sites for hydroxylation is 1. The van der Waals surface area contributed by atoms with Gasteiger partial charge < -0.3 is 16.0 Å². The third kappa shape index (κ3) is 1.92. The monoisotopic (exact) mass is 251 g/mol. The molecule has 0 saturated carbocycles. The highest BCUT2D eigenvalue weighted by Gasteiger charge is 2.33. The zero-order valence-corrected chi connectivity index (χ0v) is 10.5. The lowest BCUT2D eigenvalue weighted by molar-refractivity contribution is -0.127. The first kappa shape index (κ1) is 12.4. The first-order valence-corrected chi connectivity index (χ1v) is 5.92. The number of hydrogen-bond acceptors (Lipinski definition) is 4. The van der Waals surface area contributed by atoms with Gasteiger partial charge in [-0.1, -0.05) is 6.92 Å². The maximum atomic E-state index is 12.4. The van der Waals surface area contributed by atoms with Crippen LogP contribution in [0.25, 0.3) is 0 Å². The van der Waals surface area contributed by atoms with E-state index in [0.29, 0.717) is 30.9 Å². The molecule has 7 heteroatoms. The van der Waals surface area contributed by atoms with Gasteiger partial charge in [-0.15, -0.1) is 0 Å². The molecule has 1 aliphatic rings. The van der Waals surface area contributed by atoms with Crippen LogP contribution in [-0.4, -0.2) is 45.6 Å². The van der Waals surface area contributed by atoms with Crippen LogP contribution in [0.1, 0.15) is 23.7 Å². The minimum absolute atomic E-state index is 0.112. The van der Waals surface area contributed by atoms with Crippen LogP contribution in [0.2, 0.25) is 0 Å². The highest BCUT2D eigenvalue weighted by Crippen LogP contribution is 2.17. The molecular formula is C11H17N5O2. The van der Waals surface area contributed by atoms with Crippen molar-refractivity contribution >= 4 is 17.6 Å². The molecule has 0 aliphatic carbocycles. The van der Waals surface area contributed by atoms with E-state index in [0.717, 1.165) is 0 Å². The molecule has 1 saturated heterocycles. The molecule has 7 nitrogen and oxygen atoms in total. The summed E-state index contributed by atoms with van der Waals surface area (Å²) >= 11 is 0. The van der Waals surface area contributed by atoms with Crippen molar-refractivity contribution in [1.29, 1.82) is 0 Å². The second-order valence-electron chi connectivity index (χ2n) is 4.28. The van der Waals surface area contributed by atoms with Gasteiger partial charge in [-0.05, 0) is 6.42 Å². The van der Waals surface area contributed by atoms with E-state index < -0.39 is 6.04 Å². The Morgan fingerprint density at radius 3 is 2.94 bits per heavy atom. The zero-order valence-electron chi connectivity index (χ0n) is 10.5. The van der Waals surface area contributed by atoms with Crippen LogP contribution < -0.4 is 11.1 Å². The van der Waals surface area contributed by atoms with Crippen molar-refractivity contribution in [1.82, 2.24) is 20.0 Å². The first-order valence-electron chi connectivity index (χ1n) is 5.92. The number of nitrogens with zero attached hydrogens (tertiary/aromatic N) is 3. The third-order valence-electron chi connectivity index (χ3n) is 3.19. The molecule has 1 atom stereocenters. The van der Waals surface area contributed by atoms with Crippen LogP contribution in [0, 0.1) is 0 Å². The van der Waals surface area contributed by atoms with E-state index in [1.54, 1.807) is 11.9 Å². The number of aromatic nitrogens is 2. The van der Waals surface area contributed by atoms with Gasteiger partial charge in [0.15, 0.2) is 0 Å². The lowest BCUT2D eigenvalue weighted by Gasteiger charge is -2.34. The van der Waals surface area contributed by atoms with Gasteiger partial charge in [0.25, 0.3) is 5.91 Å². The van der Waals surface area contributed by atoms with Crippen molar-refractivity contribution in [2.75, 3.05) is 18.8 Å². The molecule has 3 N–H and O–H groups in total. The number of nitrogen functional groups attached to an aromatic ring is 1. The first-order chi connectivity index (χ1) is 8.56. The fraction of sp³-hybridized carbons (Fsp3) is 0.545. The average molecular weight is 251 g/mol. The Balaban J connectivity index is 2.27. The van der Waals surface area contributed by atoms with Crippen LogP contribution in [0.15, 0.2) is 6.20 Å². The number of hydrogen-bond donors (Lipinski definition) is 2. The van der Waals surface area contributed by atoms with Crippen molar-refractivity contribution in [2.24, 2.45) is 7.05 Å². The normalized spacial score (nSPS) is 19.8. The molecule has 0 spiro atoms. The molecule has 0 radical (unpaired) electrons. The summed E-state index contributed by atoms with van der Waals surface area (Å²) in [5, 5.41) is 6.70. The summed E-state index contributed by atoms with van der Waals surface area (Å²) < 4.78 is 1.44. The summed E-state index contributed by atoms with van der Waals surface area (Å²) in [5.41, 5.74) is 6.14. The number of nitrogens with one attached hydrogen (secondary N) is 1. The van der Waals surface area contributed by atoms with Crippen LogP contribution in [0.3, 0.4) is 0 Å². The van der Waals surface area contributed by atoms with Crippen molar-refractivity contribution in [3.8, 4) is 0 Å². The minimum atomic E-state index is -0.425. The Morgan fingerprint density at radius 1 is 1.67 bits per heavy atom. The van der Waals surface area contributed by atoms with Gasteiger partial charge in [0, 0.05) is 20.1 Å². The van der Waals surface area contributed by atoms with E-state index in [4.69, 9.17) is 5.73 Å². The van der Waals surface area contributed by atoms with Gasteiger partial charge in [-0.3, -0.25) is 14.3 Å². The Morgan fingerprint density at radius 2 is 2.39 bits per heavy atom. The maximum Gasteiger partial charge on any atom is 0.259 e. The van der Waals surface area contributed by atoms with Crippen molar-refractivity contribution in [2.45, 2.75) is 19.4 Å². The minimum Gasteiger partial charge on any atom is -0.383 e. The van der Waals surface area contributed by atoms with E-state index in [9.17, 15) is 9.59 Å². The van der Waals surface area contributed by atoms with Gasteiger partial charge in [-0.25, -0.2) is 0 Å². The summed E-state index contributed by atoms with van der Waals surface area (Å²) in [6, 6.07) is -0.425. The maximum absolute atomic E-state index is 12.4. The standard InChI is InChI=1S/C11H17N5O2/c1-3-8-10(17)13-4-5-16(8)11(18)7-6-14-15(2)9(7)12/h6,8H,3-5,12H2,1-2H3,(H,13,17). The summed E-state index contributed by atoms with van der Waals surface area (Å²) in [7, 11) is 1.67. The van der Waals surface area contributed by atoms with Crippen LogP contribution in [0.4, 0.5) is 5.82 Å². The van der Waals surface area contributed by atoms with Crippen LogP contribution >= 0.6 is 0 Å². The molecule has 1 fully saturated rings. The Kier molecular flexibility index (Phi) is 3.22. The molecule has 2 amide bonds. The van der Waals surface area contributed by atoms with E-state index in [2.05, 4.69) is 10.4 Å². The molecule has 1 aromatic rings. The molecule has 2 heterocycles. The van der Waals surface area contributed by atoms with Gasteiger partial charge in [-0.2, -0.15) is 5.10 Å². The predicted octanol–water partition coefficient (Wildman–Crippen LogP) is -0.647. The quantitative estimate of drug-likeness (QED) is 0.730. The largest absolute Gasteiger partial charge is 0.383 e. The summed E-state index contributed by atoms with van der Waals surface area (Å²) in [6.45, 7) is 2.85. The second-order valence-corrected chi connectivity index (χ2v) is 4.28. The van der Waals surface area contributed by atoms with Gasteiger partial charge >= 0.3 is 0 Å². The number of carbonyl (C=O) groups is 2. The van der Waals surface area contributed by atoms with Gasteiger partial charge in [0.1, 0.15) is 17.4 Å². The molecule has 1 unspecified atom stereocenters. The highest BCUT2D eigenvalue weighted by atomic mass is 16.2. The Labute approximate surface area is 105 Å². The second kappa shape index (κ2) is 4.67. The zero-order chi connectivity index (χ0) is 13.3. The Hall–Kier alpha value is -2.05. The molecule has 0 aromatic carbocycles. The van der Waals surface area contributed by atoms with Crippen LogP contribution in [-0.2, 0) is 11.8 Å². The number of carbonyl (C=O) groups excluding carboxylic acids is 2. The number of rotatable bonds is 2. The SMILES string of the molecule is CCC1C(=O)NCCN1C(=O)c1cnn(C)c1N. The summed E-state index contributed by atoms with van der Waals surface area (Å²) in [4.78, 5) is 25.6. The van der Waals surface area contributed by atoms with Crippen molar-refractivity contribution in [3.63, 3.8) is 0 Å². The molecule has 1 aliphatic heterocycles. The van der Waals surface area contributed by atoms with Crippen molar-refractivity contribution in [3.05, 3.63) is 11.8 Å². The van der Waals surface area contributed by atoms with E-state index >= 15 is 0 Å². The summed E-state index contributed by atoms with van der Waals surface area (Å²) in [5.74, 6) is -0.0253. The number of amides is 2. The molecule has 18 heavy (non-hydrogen) atoms. The fourth-order valence-corrected chi connectivity index (χ4v) is 2.13. The average Bonchev–Trinajstić information content (AvgIpc) is 2.69. The smallest absolute Gasteiger partial charge is 0.259 e. The summed E-state index contributed by atoms with van der Waals surface area (Å²) in [6.07, 6.45) is 2.02. The predicted molar refractivity (Wildman–Crippen MR) is 65.7 cm³/mol. The lowest BCUT2D eigenvalue weighted by atomic mass is 10.1. The van der Waals surface area contributed by atoms with Gasteiger partial charge in [0.2, 0.25) is 5.91 Å². The molecule has 98 valence electrons. The number of piperazine rings is 1. The molecule has 1 aromatic heterocycles. The molecular weight excluding hydrogens is 234 g/mol. The van der Waals surface area contributed by atoms with E-state index in [1.165, 1.54) is 10.9 Å². The topological polar surface area (TPSA) is 93.2 Å². The number of nitrogens with two attached hydrogens (primary N) is 1. The molecule has 0 bridgehead atoms. The van der Waals surface area contributed by atoms with E-state index in [-0.39, 0.29) is 11.8 Å². The lowest BCUT2D eigenvalue weighted by Crippen LogP contribution is -2.56. The third-order valence-corrected chi connectivity index (χ3v) is 3.19. The highest BCUT2D eigenvalue weighted by molar-refractivity contribution is 6.01. The van der Waals surface area contributed by atoms with Crippen molar-refractivity contribution < 1.29 is 9.59 Å². The Bertz CT molecular complexity index is 482. The van der Waals surface area contributed by atoms with Gasteiger partial charge in [0.05, 0.1) is 6.20 Å². The fourth-order valence-electron chi connectivity index (χ4n) is 2.13. The van der Waals surface area contributed by atoms with E-state index in [1.807, 2.05) is 6.92 Å².